The molecule has 5 nitrogen and oxygen atoms in total. The molecule has 2 aromatic rings. The van der Waals surface area contributed by atoms with Crippen molar-refractivity contribution in [1.29, 1.82) is 0 Å². The van der Waals surface area contributed by atoms with Gasteiger partial charge in [0.1, 0.15) is 0 Å². The average molecular weight is 226 g/mol. The van der Waals surface area contributed by atoms with Crippen LogP contribution in [-0.4, -0.2) is 24.8 Å². The molecule has 0 aromatic carbocycles. The predicted octanol–water partition coefficient (Wildman–Crippen LogP) is 1.78. The van der Waals surface area contributed by atoms with E-state index in [1.807, 2.05) is 16.9 Å². The van der Waals surface area contributed by atoms with Crippen LogP contribution in [0.15, 0.2) is 18.5 Å². The van der Waals surface area contributed by atoms with Gasteiger partial charge in [-0.3, -0.25) is 4.68 Å². The highest BCUT2D eigenvalue weighted by Crippen LogP contribution is 2.08. The second kappa shape index (κ2) is 4.02. The number of alkyl halides is 1. The molecule has 2 aromatic heterocycles. The minimum atomic E-state index is 0.342. The molecule has 0 aliphatic rings. The van der Waals surface area contributed by atoms with E-state index < -0.39 is 0 Å². The van der Waals surface area contributed by atoms with Crippen LogP contribution in [0.3, 0.4) is 0 Å². The quantitative estimate of drug-likeness (QED) is 0.749. The van der Waals surface area contributed by atoms with Gasteiger partial charge in [0.2, 0.25) is 0 Å². The Morgan fingerprint density at radius 3 is 2.80 bits per heavy atom. The molecule has 0 N–H and O–H groups in total. The molecule has 0 amide bonds. The fourth-order valence-corrected chi connectivity index (χ4v) is 1.33. The van der Waals surface area contributed by atoms with Crippen molar-refractivity contribution in [1.82, 2.24) is 24.8 Å². The van der Waals surface area contributed by atoms with Crippen LogP contribution < -0.4 is 0 Å². The summed E-state index contributed by atoms with van der Waals surface area (Å²) in [6, 6.07) is 2.24. The van der Waals surface area contributed by atoms with Crippen molar-refractivity contribution in [3.05, 3.63) is 24.2 Å². The molecule has 0 fully saturated rings. The van der Waals surface area contributed by atoms with Crippen molar-refractivity contribution in [2.75, 3.05) is 0 Å². The summed E-state index contributed by atoms with van der Waals surface area (Å²) < 4.78 is 3.49. The van der Waals surface area contributed by atoms with Gasteiger partial charge in [0.05, 0.1) is 17.8 Å². The van der Waals surface area contributed by atoms with Crippen molar-refractivity contribution in [3.8, 4) is 5.82 Å². The summed E-state index contributed by atoms with van der Waals surface area (Å²) in [6.07, 6.45) is 3.70. The smallest absolute Gasteiger partial charge is 0.176 e. The fraction of sp³-hybridized carbons (Fsp3) is 0.444. The van der Waals surface area contributed by atoms with E-state index in [0.29, 0.717) is 11.9 Å². The van der Waals surface area contributed by atoms with E-state index in [1.54, 1.807) is 10.9 Å². The third kappa shape index (κ3) is 2.02. The molecular formula is C9H12ClN5. The first-order chi connectivity index (χ1) is 7.20. The minimum absolute atomic E-state index is 0.342. The Labute approximate surface area is 92.7 Å². The molecule has 2 rings (SSSR count). The summed E-state index contributed by atoms with van der Waals surface area (Å²) in [5.41, 5.74) is 0.746. The zero-order chi connectivity index (χ0) is 10.8. The van der Waals surface area contributed by atoms with Gasteiger partial charge in [-0.2, -0.15) is 5.10 Å². The molecule has 0 saturated carbocycles. The van der Waals surface area contributed by atoms with Crippen LogP contribution in [0, 0.1) is 0 Å². The fourth-order valence-electron chi connectivity index (χ4n) is 1.21. The molecule has 0 radical (unpaired) electrons. The molecule has 80 valence electrons. The summed E-state index contributed by atoms with van der Waals surface area (Å²) in [5, 5.41) is 12.2. The van der Waals surface area contributed by atoms with Gasteiger partial charge >= 0.3 is 0 Å². The van der Waals surface area contributed by atoms with Crippen molar-refractivity contribution < 1.29 is 0 Å². The van der Waals surface area contributed by atoms with Crippen LogP contribution in [-0.2, 0) is 5.88 Å². The molecule has 0 saturated heterocycles. The van der Waals surface area contributed by atoms with Gasteiger partial charge in [0.15, 0.2) is 5.82 Å². The molecule has 6 heteroatoms. The summed E-state index contributed by atoms with van der Waals surface area (Å²) in [4.78, 5) is 0. The Kier molecular flexibility index (Phi) is 2.73. The number of halogens is 1. The van der Waals surface area contributed by atoms with Crippen LogP contribution >= 0.6 is 11.6 Å². The van der Waals surface area contributed by atoms with Gasteiger partial charge in [-0.25, -0.2) is 4.68 Å². The summed E-state index contributed by atoms with van der Waals surface area (Å²) in [6.45, 7) is 4.14. The maximum absolute atomic E-state index is 5.64. The predicted molar refractivity (Wildman–Crippen MR) is 57.1 cm³/mol. The van der Waals surface area contributed by atoms with Crippen LogP contribution in [0.1, 0.15) is 25.6 Å². The monoisotopic (exact) mass is 225 g/mol. The topological polar surface area (TPSA) is 48.5 Å². The second-order valence-corrected chi connectivity index (χ2v) is 3.80. The summed E-state index contributed by atoms with van der Waals surface area (Å²) in [7, 11) is 0. The Hall–Kier alpha value is -1.36. The standard InChI is InChI=1S/C9H12ClN5/c1-7(2)14-4-3-9(12-14)15-6-8(5-10)11-13-15/h3-4,6-7H,5H2,1-2H3. The third-order valence-electron chi connectivity index (χ3n) is 2.04. The summed E-state index contributed by atoms with van der Waals surface area (Å²) >= 11 is 5.64. The third-order valence-corrected chi connectivity index (χ3v) is 2.31. The Morgan fingerprint density at radius 2 is 2.27 bits per heavy atom. The number of rotatable bonds is 3. The molecule has 0 atom stereocenters. The molecule has 0 bridgehead atoms. The Balaban J connectivity index is 2.28. The van der Waals surface area contributed by atoms with E-state index in [9.17, 15) is 0 Å². The lowest BCUT2D eigenvalue weighted by Gasteiger charge is -2.03. The maximum Gasteiger partial charge on any atom is 0.176 e. The molecular weight excluding hydrogens is 214 g/mol. The SMILES string of the molecule is CC(C)n1ccc(-n2cc(CCl)nn2)n1. The molecule has 0 spiro atoms. The van der Waals surface area contributed by atoms with Crippen molar-refractivity contribution >= 4 is 11.6 Å². The van der Waals surface area contributed by atoms with Gasteiger partial charge < -0.3 is 0 Å². The second-order valence-electron chi connectivity index (χ2n) is 3.54. The van der Waals surface area contributed by atoms with E-state index >= 15 is 0 Å². The van der Waals surface area contributed by atoms with E-state index in [0.717, 1.165) is 11.5 Å². The average Bonchev–Trinajstić information content (AvgIpc) is 2.86. The first kappa shape index (κ1) is 10.2. The first-order valence-corrected chi connectivity index (χ1v) is 5.27. The van der Waals surface area contributed by atoms with Crippen LogP contribution in [0.5, 0.6) is 0 Å². The Morgan fingerprint density at radius 1 is 1.47 bits per heavy atom. The molecule has 0 unspecified atom stereocenters. The lowest BCUT2D eigenvalue weighted by molar-refractivity contribution is 0.527. The first-order valence-electron chi connectivity index (χ1n) is 4.73. The summed E-state index contributed by atoms with van der Waals surface area (Å²) in [5.74, 6) is 1.12. The number of hydrogen-bond acceptors (Lipinski definition) is 3. The molecule has 15 heavy (non-hydrogen) atoms. The van der Waals surface area contributed by atoms with E-state index in [1.165, 1.54) is 0 Å². The lowest BCUT2D eigenvalue weighted by atomic mass is 10.4. The van der Waals surface area contributed by atoms with Crippen molar-refractivity contribution in [2.24, 2.45) is 0 Å². The van der Waals surface area contributed by atoms with E-state index in [-0.39, 0.29) is 0 Å². The Bertz CT molecular complexity index is 445. The normalized spacial score (nSPS) is 11.2. The largest absolute Gasteiger partial charge is 0.268 e. The molecule has 0 aliphatic carbocycles. The van der Waals surface area contributed by atoms with Gasteiger partial charge in [-0.05, 0) is 13.8 Å². The minimum Gasteiger partial charge on any atom is -0.268 e. The highest BCUT2D eigenvalue weighted by atomic mass is 35.5. The molecule has 2 heterocycles. The van der Waals surface area contributed by atoms with Gasteiger partial charge in [0, 0.05) is 18.3 Å². The number of nitrogens with zero attached hydrogens (tertiary/aromatic N) is 5. The highest BCUT2D eigenvalue weighted by Gasteiger charge is 2.06. The van der Waals surface area contributed by atoms with Gasteiger partial charge in [-0.15, -0.1) is 16.7 Å². The van der Waals surface area contributed by atoms with E-state index in [2.05, 4.69) is 29.3 Å². The van der Waals surface area contributed by atoms with Crippen molar-refractivity contribution in [3.63, 3.8) is 0 Å². The van der Waals surface area contributed by atoms with Crippen LogP contribution in [0.2, 0.25) is 0 Å². The highest BCUT2D eigenvalue weighted by molar-refractivity contribution is 6.16. The molecule has 0 aliphatic heterocycles. The lowest BCUT2D eigenvalue weighted by Crippen LogP contribution is -2.03. The maximum atomic E-state index is 5.64. The zero-order valence-corrected chi connectivity index (χ0v) is 9.39. The van der Waals surface area contributed by atoms with Gasteiger partial charge in [0.25, 0.3) is 0 Å². The number of aromatic nitrogens is 5. The van der Waals surface area contributed by atoms with Crippen LogP contribution in [0.25, 0.3) is 5.82 Å². The van der Waals surface area contributed by atoms with Crippen molar-refractivity contribution in [2.45, 2.75) is 25.8 Å². The number of hydrogen-bond donors (Lipinski definition) is 0. The van der Waals surface area contributed by atoms with E-state index in [4.69, 9.17) is 11.6 Å². The zero-order valence-electron chi connectivity index (χ0n) is 8.63. The van der Waals surface area contributed by atoms with Crippen LogP contribution in [0.4, 0.5) is 0 Å². The van der Waals surface area contributed by atoms with Gasteiger partial charge in [-0.1, -0.05) is 5.21 Å².